The molecule has 0 saturated carbocycles. The Labute approximate surface area is 172 Å². The zero-order valence-corrected chi connectivity index (χ0v) is 18.5. The summed E-state index contributed by atoms with van der Waals surface area (Å²) in [6.07, 6.45) is 0.488. The van der Waals surface area contributed by atoms with E-state index in [1.54, 1.807) is 38.5 Å². The Morgan fingerprint density at radius 3 is 2.00 bits per heavy atom. The molecule has 2 amide bonds. The second-order valence-electron chi connectivity index (χ2n) is 7.92. The minimum atomic E-state index is -1.58. The first-order chi connectivity index (χ1) is 13.7. The van der Waals surface area contributed by atoms with E-state index < -0.39 is 8.07 Å². The maximum absolute atomic E-state index is 12.6. The summed E-state index contributed by atoms with van der Waals surface area (Å²) < 4.78 is 10.8. The number of hydrogen-bond acceptors (Lipinski definition) is 4. The molecule has 1 heterocycles. The van der Waals surface area contributed by atoms with Crippen LogP contribution in [0.15, 0.2) is 36.4 Å². The summed E-state index contributed by atoms with van der Waals surface area (Å²) in [5, 5.41) is 0. The van der Waals surface area contributed by atoms with E-state index in [-0.39, 0.29) is 18.4 Å². The zero-order chi connectivity index (χ0) is 21.2. The Morgan fingerprint density at radius 2 is 1.48 bits per heavy atom. The number of amides is 2. The Bertz CT molecular complexity index is 992. The van der Waals surface area contributed by atoms with Gasteiger partial charge in [0.2, 0.25) is 0 Å². The maximum Gasteiger partial charge on any atom is 0.261 e. The Hall–Kier alpha value is -3.04. The van der Waals surface area contributed by atoms with Gasteiger partial charge in [0, 0.05) is 12.1 Å². The van der Waals surface area contributed by atoms with Gasteiger partial charge in [-0.3, -0.25) is 14.5 Å². The minimum Gasteiger partial charge on any atom is -0.493 e. The average molecular weight is 408 g/mol. The third kappa shape index (κ3) is 4.35. The fraction of sp³-hybridized carbons (Fsp3) is 0.304. The first-order valence-corrected chi connectivity index (χ1v) is 13.0. The molecule has 0 radical (unpaired) electrons. The SMILES string of the molecule is COc1cc(C#C[Si](C)(C)C)c(CCN2C(=O)c3ccccc3C2=O)cc1OC. The van der Waals surface area contributed by atoms with Crippen LogP contribution in [0.4, 0.5) is 0 Å². The van der Waals surface area contributed by atoms with Crippen molar-refractivity contribution >= 4 is 19.9 Å². The maximum atomic E-state index is 12.6. The third-order valence-electron chi connectivity index (χ3n) is 4.66. The molecule has 0 bridgehead atoms. The fourth-order valence-corrected chi connectivity index (χ4v) is 3.68. The van der Waals surface area contributed by atoms with E-state index in [0.717, 1.165) is 11.1 Å². The standard InChI is InChI=1S/C23H25NO4Si/c1-27-20-14-16(17(15-21(20)28-2)11-13-29(3,4)5)10-12-24-22(25)18-8-6-7-9-19(18)23(24)26/h6-9,14-15H,10,12H2,1-5H3. The number of fused-ring (bicyclic) bond motifs is 1. The molecule has 2 aromatic rings. The third-order valence-corrected chi connectivity index (χ3v) is 5.54. The van der Waals surface area contributed by atoms with Crippen molar-refractivity contribution in [3.05, 3.63) is 58.7 Å². The summed E-state index contributed by atoms with van der Waals surface area (Å²) in [5.74, 6) is 3.99. The lowest BCUT2D eigenvalue weighted by atomic mass is 10.0. The van der Waals surface area contributed by atoms with Crippen LogP contribution in [-0.2, 0) is 6.42 Å². The number of ether oxygens (including phenoxy) is 2. The summed E-state index contributed by atoms with van der Waals surface area (Å²) >= 11 is 0. The monoisotopic (exact) mass is 407 g/mol. The van der Waals surface area contributed by atoms with E-state index in [2.05, 4.69) is 31.1 Å². The van der Waals surface area contributed by atoms with E-state index >= 15 is 0 Å². The quantitative estimate of drug-likeness (QED) is 0.430. The first-order valence-electron chi connectivity index (χ1n) is 9.48. The lowest BCUT2D eigenvalue weighted by Crippen LogP contribution is -2.31. The van der Waals surface area contributed by atoms with Gasteiger partial charge in [0.1, 0.15) is 8.07 Å². The van der Waals surface area contributed by atoms with Gasteiger partial charge in [-0.25, -0.2) is 0 Å². The molecule has 2 aromatic carbocycles. The Kier molecular flexibility index (Phi) is 5.80. The van der Waals surface area contributed by atoms with Gasteiger partial charge < -0.3 is 9.47 Å². The molecule has 29 heavy (non-hydrogen) atoms. The molecule has 1 aliphatic rings. The van der Waals surface area contributed by atoms with Gasteiger partial charge in [0.05, 0.1) is 25.3 Å². The molecule has 1 aliphatic heterocycles. The molecular weight excluding hydrogens is 382 g/mol. The van der Waals surface area contributed by atoms with E-state index in [0.29, 0.717) is 29.0 Å². The number of hydrogen-bond donors (Lipinski definition) is 0. The summed E-state index contributed by atoms with van der Waals surface area (Å²) in [4.78, 5) is 26.6. The van der Waals surface area contributed by atoms with Crippen molar-refractivity contribution in [3.8, 4) is 23.0 Å². The summed E-state index contributed by atoms with van der Waals surface area (Å²) in [6.45, 7) is 6.82. The van der Waals surface area contributed by atoms with Crippen LogP contribution in [0.25, 0.3) is 0 Å². The van der Waals surface area contributed by atoms with Gasteiger partial charge in [0.15, 0.2) is 11.5 Å². The first kappa shape index (κ1) is 20.7. The van der Waals surface area contributed by atoms with Gasteiger partial charge >= 0.3 is 0 Å². The lowest BCUT2D eigenvalue weighted by Gasteiger charge is -2.16. The second-order valence-corrected chi connectivity index (χ2v) is 12.7. The molecular formula is C23H25NO4Si. The van der Waals surface area contributed by atoms with Crippen LogP contribution in [0, 0.1) is 11.5 Å². The van der Waals surface area contributed by atoms with Gasteiger partial charge in [-0.05, 0) is 36.2 Å². The normalized spacial score (nSPS) is 13.1. The Morgan fingerprint density at radius 1 is 0.931 bits per heavy atom. The Balaban J connectivity index is 1.91. The van der Waals surface area contributed by atoms with Crippen LogP contribution < -0.4 is 9.47 Å². The van der Waals surface area contributed by atoms with Crippen LogP contribution >= 0.6 is 0 Å². The van der Waals surface area contributed by atoms with E-state index in [1.807, 2.05) is 12.1 Å². The molecule has 0 spiro atoms. The highest BCUT2D eigenvalue weighted by atomic mass is 28.3. The predicted molar refractivity (Wildman–Crippen MR) is 115 cm³/mol. The smallest absolute Gasteiger partial charge is 0.261 e. The summed E-state index contributed by atoms with van der Waals surface area (Å²) in [5.41, 5.74) is 6.05. The molecule has 3 rings (SSSR count). The van der Waals surface area contributed by atoms with Crippen LogP contribution in [0.2, 0.25) is 19.6 Å². The van der Waals surface area contributed by atoms with Crippen molar-refractivity contribution in [2.75, 3.05) is 20.8 Å². The number of carbonyl (C=O) groups excluding carboxylic acids is 2. The molecule has 0 atom stereocenters. The highest BCUT2D eigenvalue weighted by Crippen LogP contribution is 2.31. The highest BCUT2D eigenvalue weighted by Gasteiger charge is 2.34. The number of nitrogens with zero attached hydrogens (tertiary/aromatic N) is 1. The highest BCUT2D eigenvalue weighted by molar-refractivity contribution is 6.83. The number of carbonyl (C=O) groups is 2. The largest absolute Gasteiger partial charge is 0.493 e. The van der Waals surface area contributed by atoms with Crippen LogP contribution in [0.5, 0.6) is 11.5 Å². The van der Waals surface area contributed by atoms with E-state index in [4.69, 9.17) is 9.47 Å². The van der Waals surface area contributed by atoms with Gasteiger partial charge in [-0.1, -0.05) is 37.7 Å². The second kappa shape index (κ2) is 8.14. The average Bonchev–Trinajstić information content (AvgIpc) is 2.94. The van der Waals surface area contributed by atoms with Crippen LogP contribution in [0.1, 0.15) is 31.8 Å². The van der Waals surface area contributed by atoms with Crippen molar-refractivity contribution in [3.63, 3.8) is 0 Å². The number of imide groups is 1. The molecule has 0 saturated heterocycles. The van der Waals surface area contributed by atoms with Gasteiger partial charge in [0.25, 0.3) is 11.8 Å². The molecule has 6 heteroatoms. The topological polar surface area (TPSA) is 55.8 Å². The summed E-state index contributed by atoms with van der Waals surface area (Å²) in [6, 6.07) is 10.7. The zero-order valence-electron chi connectivity index (χ0n) is 17.5. The molecule has 0 unspecified atom stereocenters. The fourth-order valence-electron chi connectivity index (χ4n) is 3.17. The van der Waals surface area contributed by atoms with Crippen LogP contribution in [-0.4, -0.2) is 45.6 Å². The van der Waals surface area contributed by atoms with E-state index in [9.17, 15) is 9.59 Å². The van der Waals surface area contributed by atoms with Crippen molar-refractivity contribution in [2.24, 2.45) is 0 Å². The van der Waals surface area contributed by atoms with Crippen molar-refractivity contribution in [2.45, 2.75) is 26.1 Å². The number of benzene rings is 2. The minimum absolute atomic E-state index is 0.249. The van der Waals surface area contributed by atoms with Gasteiger partial charge in [-0.15, -0.1) is 5.54 Å². The van der Waals surface area contributed by atoms with Crippen molar-refractivity contribution < 1.29 is 19.1 Å². The van der Waals surface area contributed by atoms with E-state index in [1.165, 1.54) is 4.90 Å². The van der Waals surface area contributed by atoms with Crippen molar-refractivity contribution in [1.29, 1.82) is 0 Å². The molecule has 5 nitrogen and oxygen atoms in total. The van der Waals surface area contributed by atoms with Crippen LogP contribution in [0.3, 0.4) is 0 Å². The lowest BCUT2D eigenvalue weighted by molar-refractivity contribution is 0.0656. The molecule has 0 aliphatic carbocycles. The number of rotatable bonds is 5. The predicted octanol–water partition coefficient (Wildman–Crippen LogP) is 3.77. The molecule has 0 N–H and O–H groups in total. The number of methoxy groups -OCH3 is 2. The molecule has 0 aromatic heterocycles. The van der Waals surface area contributed by atoms with Gasteiger partial charge in [-0.2, -0.15) is 0 Å². The van der Waals surface area contributed by atoms with Crippen molar-refractivity contribution in [1.82, 2.24) is 4.90 Å². The molecule has 150 valence electrons. The summed E-state index contributed by atoms with van der Waals surface area (Å²) in [7, 11) is 1.59. The molecule has 0 fully saturated rings.